The number of nitrogens with one attached hydrogen (secondary N) is 1. The first-order valence-corrected chi connectivity index (χ1v) is 9.97. The Morgan fingerprint density at radius 1 is 1.23 bits per heavy atom. The molecule has 5 heteroatoms. The summed E-state index contributed by atoms with van der Waals surface area (Å²) in [4.78, 5) is 15.1. The molecule has 142 valence electrons. The predicted molar refractivity (Wildman–Crippen MR) is 100 cm³/mol. The molecule has 0 saturated carbocycles. The van der Waals surface area contributed by atoms with E-state index in [1.165, 1.54) is 5.56 Å². The average molecular weight is 358 g/mol. The number of benzene rings is 1. The minimum atomic E-state index is -0.180. The van der Waals surface area contributed by atoms with E-state index in [1.54, 1.807) is 7.11 Å². The monoisotopic (exact) mass is 358 g/mol. The summed E-state index contributed by atoms with van der Waals surface area (Å²) in [5.41, 5.74) is 1.05. The number of para-hydroxylation sites is 1. The molecule has 0 unspecified atom stereocenters. The smallest absolute Gasteiger partial charge is 0.220 e. The number of hydrogen-bond donors (Lipinski definition) is 1. The molecule has 1 aromatic rings. The van der Waals surface area contributed by atoms with E-state index >= 15 is 0 Å². The molecule has 3 aliphatic heterocycles. The van der Waals surface area contributed by atoms with E-state index in [-0.39, 0.29) is 17.4 Å². The van der Waals surface area contributed by atoms with E-state index in [2.05, 4.69) is 22.3 Å². The minimum absolute atomic E-state index is 0.180. The highest BCUT2D eigenvalue weighted by atomic mass is 16.5. The Labute approximate surface area is 156 Å². The van der Waals surface area contributed by atoms with Gasteiger partial charge >= 0.3 is 0 Å². The Balaban J connectivity index is 1.68. The number of rotatable bonds is 3. The van der Waals surface area contributed by atoms with Gasteiger partial charge in [0, 0.05) is 50.2 Å². The van der Waals surface area contributed by atoms with Gasteiger partial charge in [-0.25, -0.2) is 0 Å². The summed E-state index contributed by atoms with van der Waals surface area (Å²) in [6, 6.07) is 8.88. The number of carbonyl (C=O) groups excluding carboxylic acids is 1. The first kappa shape index (κ1) is 17.8. The van der Waals surface area contributed by atoms with Gasteiger partial charge in [0.2, 0.25) is 5.91 Å². The molecule has 1 spiro atoms. The molecule has 3 saturated heterocycles. The highest BCUT2D eigenvalue weighted by Gasteiger charge is 2.50. The Hall–Kier alpha value is -1.59. The van der Waals surface area contributed by atoms with Crippen molar-refractivity contribution >= 4 is 5.91 Å². The fourth-order valence-electron chi connectivity index (χ4n) is 5.13. The van der Waals surface area contributed by atoms with E-state index in [4.69, 9.17) is 9.47 Å². The average Bonchev–Trinajstić information content (AvgIpc) is 2.93. The maximum absolute atomic E-state index is 12.5. The lowest BCUT2D eigenvalue weighted by Gasteiger charge is -2.36. The van der Waals surface area contributed by atoms with Crippen LogP contribution in [0.25, 0.3) is 0 Å². The van der Waals surface area contributed by atoms with Crippen molar-refractivity contribution in [3.8, 4) is 5.75 Å². The van der Waals surface area contributed by atoms with Gasteiger partial charge in [-0.15, -0.1) is 0 Å². The van der Waals surface area contributed by atoms with Gasteiger partial charge in [-0.2, -0.15) is 0 Å². The molecule has 2 atom stereocenters. The van der Waals surface area contributed by atoms with Crippen molar-refractivity contribution in [1.82, 2.24) is 10.2 Å². The molecule has 3 heterocycles. The highest BCUT2D eigenvalue weighted by Crippen LogP contribution is 2.45. The van der Waals surface area contributed by atoms with Crippen LogP contribution >= 0.6 is 0 Å². The van der Waals surface area contributed by atoms with E-state index in [0.29, 0.717) is 12.5 Å². The van der Waals surface area contributed by atoms with Crippen molar-refractivity contribution in [2.24, 2.45) is 0 Å². The first-order valence-electron chi connectivity index (χ1n) is 9.97. The van der Waals surface area contributed by atoms with Crippen molar-refractivity contribution in [3.63, 3.8) is 0 Å². The normalized spacial score (nSPS) is 31.0. The Bertz CT molecular complexity index is 644. The van der Waals surface area contributed by atoms with E-state index < -0.39 is 0 Å². The topological polar surface area (TPSA) is 50.8 Å². The summed E-state index contributed by atoms with van der Waals surface area (Å²) in [5.74, 6) is 1.41. The summed E-state index contributed by atoms with van der Waals surface area (Å²) < 4.78 is 11.2. The number of methoxy groups -OCH3 is 1. The van der Waals surface area contributed by atoms with Crippen molar-refractivity contribution in [2.75, 3.05) is 33.4 Å². The van der Waals surface area contributed by atoms with Gasteiger partial charge in [0.25, 0.3) is 0 Å². The molecule has 0 radical (unpaired) electrons. The van der Waals surface area contributed by atoms with Crippen LogP contribution in [0.3, 0.4) is 0 Å². The predicted octanol–water partition coefficient (Wildman–Crippen LogP) is 2.70. The molecule has 1 N–H and O–H groups in total. The summed E-state index contributed by atoms with van der Waals surface area (Å²) in [6.07, 6.45) is 5.96. The molecule has 3 aliphatic rings. The number of hydrogen-bond acceptors (Lipinski definition) is 4. The standard InChI is InChI=1S/C21H30N2O3/c1-25-19-7-3-2-6-17(19)18-14-23(16-9-12-26-13-10-16)15-21(18)11-5-4-8-20(24)22-21/h2-3,6-7,16,18H,4-5,8-15H2,1H3,(H,22,24)/t18-,21+/m0/s1. The van der Waals surface area contributed by atoms with Gasteiger partial charge in [0.05, 0.1) is 12.6 Å². The van der Waals surface area contributed by atoms with Gasteiger partial charge in [0.1, 0.15) is 5.75 Å². The fourth-order valence-corrected chi connectivity index (χ4v) is 5.13. The molecule has 0 bridgehead atoms. The fraction of sp³-hybridized carbons (Fsp3) is 0.667. The summed E-state index contributed by atoms with van der Waals surface area (Å²) in [5, 5.41) is 3.46. The van der Waals surface area contributed by atoms with Gasteiger partial charge in [-0.05, 0) is 31.7 Å². The summed E-state index contributed by atoms with van der Waals surface area (Å²) in [6.45, 7) is 3.61. The lowest BCUT2D eigenvalue weighted by atomic mass is 9.78. The van der Waals surface area contributed by atoms with Crippen LogP contribution in [0.1, 0.15) is 50.0 Å². The Morgan fingerprint density at radius 2 is 2.04 bits per heavy atom. The molecule has 0 aliphatic carbocycles. The molecular weight excluding hydrogens is 328 g/mol. The third-order valence-electron chi connectivity index (χ3n) is 6.46. The lowest BCUT2D eigenvalue weighted by molar-refractivity contribution is -0.122. The SMILES string of the molecule is COc1ccccc1[C@@H]1CN(C2CCOCC2)C[C@]12CCCCC(=O)N2. The van der Waals surface area contributed by atoms with E-state index in [0.717, 1.165) is 64.2 Å². The van der Waals surface area contributed by atoms with Crippen LogP contribution in [0.4, 0.5) is 0 Å². The second kappa shape index (κ2) is 7.57. The molecule has 3 fully saturated rings. The quantitative estimate of drug-likeness (QED) is 0.903. The van der Waals surface area contributed by atoms with E-state index in [9.17, 15) is 4.79 Å². The second-order valence-corrected chi connectivity index (χ2v) is 7.98. The van der Waals surface area contributed by atoms with Crippen molar-refractivity contribution in [3.05, 3.63) is 29.8 Å². The summed E-state index contributed by atoms with van der Waals surface area (Å²) in [7, 11) is 1.74. The molecule has 26 heavy (non-hydrogen) atoms. The van der Waals surface area contributed by atoms with Crippen molar-refractivity contribution < 1.29 is 14.3 Å². The number of likely N-dealkylation sites (tertiary alicyclic amines) is 1. The highest BCUT2D eigenvalue weighted by molar-refractivity contribution is 5.77. The second-order valence-electron chi connectivity index (χ2n) is 7.98. The zero-order valence-electron chi connectivity index (χ0n) is 15.7. The largest absolute Gasteiger partial charge is 0.496 e. The summed E-state index contributed by atoms with van der Waals surface area (Å²) >= 11 is 0. The Morgan fingerprint density at radius 3 is 2.85 bits per heavy atom. The lowest BCUT2D eigenvalue weighted by Crippen LogP contribution is -2.53. The zero-order chi connectivity index (χ0) is 18.0. The van der Waals surface area contributed by atoms with E-state index in [1.807, 2.05) is 12.1 Å². The van der Waals surface area contributed by atoms with Crippen LogP contribution < -0.4 is 10.1 Å². The number of nitrogens with zero attached hydrogens (tertiary/aromatic N) is 1. The third-order valence-corrected chi connectivity index (χ3v) is 6.46. The first-order chi connectivity index (χ1) is 12.7. The zero-order valence-corrected chi connectivity index (χ0v) is 15.7. The molecule has 4 rings (SSSR count). The van der Waals surface area contributed by atoms with Crippen molar-refractivity contribution in [1.29, 1.82) is 0 Å². The van der Waals surface area contributed by atoms with Gasteiger partial charge in [-0.3, -0.25) is 9.69 Å². The number of carbonyl (C=O) groups is 1. The van der Waals surface area contributed by atoms with Crippen LogP contribution in [0.15, 0.2) is 24.3 Å². The number of ether oxygens (including phenoxy) is 2. The molecule has 5 nitrogen and oxygen atoms in total. The molecule has 0 aromatic heterocycles. The maximum atomic E-state index is 12.5. The van der Waals surface area contributed by atoms with Gasteiger partial charge in [-0.1, -0.05) is 24.6 Å². The number of amides is 1. The molecule has 1 aromatic carbocycles. The van der Waals surface area contributed by atoms with Crippen LogP contribution in [0.5, 0.6) is 5.75 Å². The molecular formula is C21H30N2O3. The molecule has 1 amide bonds. The van der Waals surface area contributed by atoms with Crippen LogP contribution in [0.2, 0.25) is 0 Å². The van der Waals surface area contributed by atoms with Crippen LogP contribution in [0, 0.1) is 0 Å². The Kier molecular flexibility index (Phi) is 5.18. The van der Waals surface area contributed by atoms with Crippen LogP contribution in [-0.2, 0) is 9.53 Å². The maximum Gasteiger partial charge on any atom is 0.220 e. The van der Waals surface area contributed by atoms with Crippen molar-refractivity contribution in [2.45, 2.75) is 56.0 Å². The van der Waals surface area contributed by atoms with Gasteiger partial charge in [0.15, 0.2) is 0 Å². The van der Waals surface area contributed by atoms with Crippen LogP contribution in [-0.4, -0.2) is 55.8 Å². The third kappa shape index (κ3) is 3.35. The minimum Gasteiger partial charge on any atom is -0.496 e. The van der Waals surface area contributed by atoms with Gasteiger partial charge < -0.3 is 14.8 Å².